The van der Waals surface area contributed by atoms with E-state index in [-0.39, 0.29) is 12.1 Å². The monoisotopic (exact) mass is 299 g/mol. The average Bonchev–Trinajstić information content (AvgIpc) is 2.81. The average molecular weight is 299 g/mol. The number of hydrogen-bond donors (Lipinski definition) is 2. The van der Waals surface area contributed by atoms with Gasteiger partial charge in [-0.05, 0) is 24.5 Å². The summed E-state index contributed by atoms with van der Waals surface area (Å²) in [6, 6.07) is 2.77. The van der Waals surface area contributed by atoms with Crippen molar-refractivity contribution >= 4 is 17.5 Å². The molecule has 1 fully saturated rings. The Bertz CT molecular complexity index is 553. The number of halogens is 2. The lowest BCUT2D eigenvalue weighted by molar-refractivity contribution is -0.131. The van der Waals surface area contributed by atoms with Gasteiger partial charge in [0, 0.05) is 11.9 Å². The second kappa shape index (κ2) is 6.13. The van der Waals surface area contributed by atoms with Crippen molar-refractivity contribution in [2.75, 3.05) is 5.32 Å². The molecule has 114 valence electrons. The molecule has 0 radical (unpaired) electrons. The van der Waals surface area contributed by atoms with Crippen LogP contribution in [0.1, 0.15) is 23.8 Å². The summed E-state index contributed by atoms with van der Waals surface area (Å²) in [5.41, 5.74) is 5.39. The zero-order valence-electron chi connectivity index (χ0n) is 11.3. The smallest absolute Gasteiger partial charge is 0.267 e. The van der Waals surface area contributed by atoms with E-state index in [1.54, 1.807) is 6.92 Å². The lowest BCUT2D eigenvalue weighted by Crippen LogP contribution is -2.30. The fourth-order valence-corrected chi connectivity index (χ4v) is 2.19. The predicted octanol–water partition coefficient (Wildman–Crippen LogP) is 1.18. The molecule has 3 N–H and O–H groups in total. The van der Waals surface area contributed by atoms with Gasteiger partial charge in [0.2, 0.25) is 0 Å². The van der Waals surface area contributed by atoms with Crippen LogP contribution < -0.4 is 11.1 Å². The summed E-state index contributed by atoms with van der Waals surface area (Å²) in [6.45, 7) is 1.61. The molecule has 0 spiro atoms. The molecule has 1 aliphatic rings. The first-order valence-corrected chi connectivity index (χ1v) is 6.39. The van der Waals surface area contributed by atoms with Crippen molar-refractivity contribution < 1.29 is 23.1 Å². The van der Waals surface area contributed by atoms with E-state index in [4.69, 9.17) is 10.5 Å². The van der Waals surface area contributed by atoms with Crippen molar-refractivity contribution in [1.82, 2.24) is 4.98 Å². The lowest BCUT2D eigenvalue weighted by atomic mass is 10.0. The molecular weight excluding hydrogens is 284 g/mol. The number of hydrogen-bond acceptors (Lipinski definition) is 4. The normalized spacial score (nSPS) is 25.0. The summed E-state index contributed by atoms with van der Waals surface area (Å²) in [6.07, 6.45) is -3.27. The molecule has 2 amide bonds. The van der Waals surface area contributed by atoms with Gasteiger partial charge in [-0.3, -0.25) is 14.6 Å². The lowest BCUT2D eigenvalue weighted by Gasteiger charge is -2.14. The van der Waals surface area contributed by atoms with E-state index in [1.807, 2.05) is 0 Å². The highest BCUT2D eigenvalue weighted by atomic mass is 19.3. The third kappa shape index (κ3) is 3.52. The minimum atomic E-state index is -2.62. The highest BCUT2D eigenvalue weighted by molar-refractivity contribution is 5.96. The van der Waals surface area contributed by atoms with Gasteiger partial charge in [-0.2, -0.15) is 0 Å². The Kier molecular flexibility index (Phi) is 4.46. The molecule has 2 rings (SSSR count). The molecule has 1 saturated heterocycles. The number of aromatic nitrogens is 1. The fraction of sp³-hybridized carbons (Fsp3) is 0.462. The van der Waals surface area contributed by atoms with Gasteiger partial charge in [-0.25, -0.2) is 8.78 Å². The van der Waals surface area contributed by atoms with Gasteiger partial charge in [0.25, 0.3) is 18.2 Å². The zero-order chi connectivity index (χ0) is 15.6. The molecule has 1 aliphatic heterocycles. The van der Waals surface area contributed by atoms with Gasteiger partial charge in [0.15, 0.2) is 0 Å². The minimum absolute atomic E-state index is 0.000958. The molecule has 8 heteroatoms. The topological polar surface area (TPSA) is 94.3 Å². The Labute approximate surface area is 119 Å². The van der Waals surface area contributed by atoms with E-state index in [1.165, 1.54) is 18.3 Å². The minimum Gasteiger partial charge on any atom is -0.364 e. The number of anilines is 1. The highest BCUT2D eigenvalue weighted by Crippen LogP contribution is 2.30. The Balaban J connectivity index is 2.02. The fourth-order valence-electron chi connectivity index (χ4n) is 2.19. The number of pyridine rings is 1. The van der Waals surface area contributed by atoms with Crippen LogP contribution in [-0.2, 0) is 9.53 Å². The van der Waals surface area contributed by atoms with Crippen LogP contribution in [-0.4, -0.2) is 35.4 Å². The van der Waals surface area contributed by atoms with E-state index in [2.05, 4.69) is 10.3 Å². The number of alkyl halides is 2. The summed E-state index contributed by atoms with van der Waals surface area (Å²) >= 11 is 0. The SMILES string of the molecule is CC1CC(C(=O)Nc2ccnc(C(N)=O)c2)OC1C(F)F. The number of carbonyl (C=O) groups is 2. The van der Waals surface area contributed by atoms with E-state index in [9.17, 15) is 18.4 Å². The summed E-state index contributed by atoms with van der Waals surface area (Å²) in [5, 5.41) is 2.50. The van der Waals surface area contributed by atoms with E-state index >= 15 is 0 Å². The number of rotatable bonds is 4. The van der Waals surface area contributed by atoms with Gasteiger partial charge >= 0.3 is 0 Å². The number of ether oxygens (including phenoxy) is 1. The Morgan fingerprint density at radius 3 is 2.81 bits per heavy atom. The van der Waals surface area contributed by atoms with Crippen LogP contribution in [0.15, 0.2) is 18.3 Å². The molecule has 6 nitrogen and oxygen atoms in total. The van der Waals surface area contributed by atoms with Crippen LogP contribution >= 0.6 is 0 Å². The van der Waals surface area contributed by atoms with Gasteiger partial charge < -0.3 is 15.8 Å². The van der Waals surface area contributed by atoms with E-state index in [0.717, 1.165) is 0 Å². The van der Waals surface area contributed by atoms with Crippen LogP contribution in [0.25, 0.3) is 0 Å². The van der Waals surface area contributed by atoms with E-state index in [0.29, 0.717) is 5.69 Å². The van der Waals surface area contributed by atoms with Crippen molar-refractivity contribution in [3.8, 4) is 0 Å². The van der Waals surface area contributed by atoms with E-state index < -0.39 is 36.4 Å². The van der Waals surface area contributed by atoms with Gasteiger partial charge in [-0.1, -0.05) is 6.92 Å². The quantitative estimate of drug-likeness (QED) is 0.872. The van der Waals surface area contributed by atoms with Crippen molar-refractivity contribution in [1.29, 1.82) is 0 Å². The van der Waals surface area contributed by atoms with Gasteiger partial charge in [0.05, 0.1) is 0 Å². The molecule has 0 aliphatic carbocycles. The van der Waals surface area contributed by atoms with Crippen LogP contribution in [0, 0.1) is 5.92 Å². The Morgan fingerprint density at radius 1 is 1.52 bits per heavy atom. The third-order valence-corrected chi connectivity index (χ3v) is 3.29. The maximum absolute atomic E-state index is 12.7. The molecule has 1 aromatic rings. The predicted molar refractivity (Wildman–Crippen MR) is 69.8 cm³/mol. The zero-order valence-corrected chi connectivity index (χ0v) is 11.3. The van der Waals surface area contributed by atoms with Gasteiger partial charge in [-0.15, -0.1) is 0 Å². The molecule has 1 aromatic heterocycles. The Morgan fingerprint density at radius 2 is 2.24 bits per heavy atom. The first kappa shape index (κ1) is 15.3. The molecule has 0 aromatic carbocycles. The number of amides is 2. The first-order chi connectivity index (χ1) is 9.88. The van der Waals surface area contributed by atoms with Crippen molar-refractivity contribution in [3.63, 3.8) is 0 Å². The first-order valence-electron chi connectivity index (χ1n) is 6.39. The summed E-state index contributed by atoms with van der Waals surface area (Å²) < 4.78 is 30.4. The third-order valence-electron chi connectivity index (χ3n) is 3.29. The second-order valence-corrected chi connectivity index (χ2v) is 4.92. The largest absolute Gasteiger partial charge is 0.364 e. The molecule has 3 atom stereocenters. The molecule has 21 heavy (non-hydrogen) atoms. The van der Waals surface area contributed by atoms with Crippen molar-refractivity contribution in [2.45, 2.75) is 32.0 Å². The van der Waals surface area contributed by atoms with Crippen LogP contribution in [0.4, 0.5) is 14.5 Å². The van der Waals surface area contributed by atoms with Crippen LogP contribution in [0.5, 0.6) is 0 Å². The molecule has 0 bridgehead atoms. The number of nitrogens with two attached hydrogens (primary N) is 1. The number of carbonyl (C=O) groups excluding carboxylic acids is 2. The summed E-state index contributed by atoms with van der Waals surface area (Å²) in [7, 11) is 0. The molecule has 3 unspecified atom stereocenters. The second-order valence-electron chi connectivity index (χ2n) is 4.92. The van der Waals surface area contributed by atoms with Crippen molar-refractivity contribution in [3.05, 3.63) is 24.0 Å². The number of nitrogens with zero attached hydrogens (tertiary/aromatic N) is 1. The van der Waals surface area contributed by atoms with Crippen molar-refractivity contribution in [2.24, 2.45) is 11.7 Å². The summed E-state index contributed by atoms with van der Waals surface area (Å²) in [5.74, 6) is -1.67. The van der Waals surface area contributed by atoms with Crippen LogP contribution in [0.2, 0.25) is 0 Å². The van der Waals surface area contributed by atoms with Gasteiger partial charge in [0.1, 0.15) is 17.9 Å². The summed E-state index contributed by atoms with van der Waals surface area (Å²) in [4.78, 5) is 26.7. The molecular formula is C13H15F2N3O3. The molecule has 2 heterocycles. The maximum atomic E-state index is 12.7. The standard InChI is InChI=1S/C13H15F2N3O3/c1-6-4-9(21-10(6)11(14)15)13(20)18-7-2-3-17-8(5-7)12(16)19/h2-3,5-6,9-11H,4H2,1H3,(H2,16,19)(H,17,18,20). The highest BCUT2D eigenvalue weighted by Gasteiger charge is 2.41. The number of nitrogens with one attached hydrogen (secondary N) is 1. The van der Waals surface area contributed by atoms with Crippen LogP contribution in [0.3, 0.4) is 0 Å². The maximum Gasteiger partial charge on any atom is 0.267 e. The Hall–Kier alpha value is -2.09. The number of primary amides is 1. The molecule has 0 saturated carbocycles.